The average Bonchev–Trinajstić information content (AvgIpc) is 2.38. The fraction of sp³-hybridized carbons (Fsp3) is 0.538. The molecule has 0 aliphatic carbocycles. The maximum Gasteiger partial charge on any atom is 0.118 e. The van der Waals surface area contributed by atoms with Crippen LogP contribution in [-0.2, 0) is 4.74 Å². The van der Waals surface area contributed by atoms with E-state index in [9.17, 15) is 0 Å². The number of hydrogen-bond acceptors (Lipinski definition) is 3. The van der Waals surface area contributed by atoms with Gasteiger partial charge in [0.05, 0.1) is 13.2 Å². The van der Waals surface area contributed by atoms with Crippen molar-refractivity contribution in [1.82, 2.24) is 0 Å². The van der Waals surface area contributed by atoms with Crippen LogP contribution in [0.1, 0.15) is 19.3 Å². The van der Waals surface area contributed by atoms with E-state index in [1.54, 1.807) is 7.11 Å². The van der Waals surface area contributed by atoms with Crippen molar-refractivity contribution in [1.29, 1.82) is 0 Å². The van der Waals surface area contributed by atoms with Gasteiger partial charge in [-0.25, -0.2) is 0 Å². The quantitative estimate of drug-likeness (QED) is 0.749. The summed E-state index contributed by atoms with van der Waals surface area (Å²) in [7, 11) is 1.69. The lowest BCUT2D eigenvalue weighted by molar-refractivity contribution is 0.0315. The molecule has 2 rings (SSSR count). The SMILES string of the molecule is COc1ccc(SCC2CCCCO2)cc1. The van der Waals surface area contributed by atoms with Gasteiger partial charge < -0.3 is 9.47 Å². The monoisotopic (exact) mass is 238 g/mol. The first kappa shape index (κ1) is 11.8. The minimum Gasteiger partial charge on any atom is -0.497 e. The standard InChI is InChI=1S/C13H18O2S/c1-14-11-5-7-13(8-6-11)16-10-12-4-2-3-9-15-12/h5-8,12H,2-4,9-10H2,1H3. The summed E-state index contributed by atoms with van der Waals surface area (Å²) in [6, 6.07) is 8.22. The van der Waals surface area contributed by atoms with E-state index in [0.29, 0.717) is 6.10 Å². The van der Waals surface area contributed by atoms with Gasteiger partial charge in [-0.05, 0) is 43.5 Å². The molecule has 1 aliphatic rings. The van der Waals surface area contributed by atoms with Crippen molar-refractivity contribution in [3.8, 4) is 5.75 Å². The topological polar surface area (TPSA) is 18.5 Å². The third-order valence-electron chi connectivity index (χ3n) is 2.77. The van der Waals surface area contributed by atoms with Gasteiger partial charge in [0, 0.05) is 17.3 Å². The van der Waals surface area contributed by atoms with Crippen molar-refractivity contribution in [2.75, 3.05) is 19.5 Å². The lowest BCUT2D eigenvalue weighted by Crippen LogP contribution is -2.21. The second kappa shape index (κ2) is 6.16. The maximum atomic E-state index is 5.70. The highest BCUT2D eigenvalue weighted by molar-refractivity contribution is 7.99. The van der Waals surface area contributed by atoms with Crippen LogP contribution in [0, 0.1) is 0 Å². The van der Waals surface area contributed by atoms with Crippen LogP contribution in [-0.4, -0.2) is 25.6 Å². The molecule has 0 saturated carbocycles. The molecular weight excluding hydrogens is 220 g/mol. The zero-order valence-electron chi connectivity index (χ0n) is 9.65. The molecule has 1 saturated heterocycles. The Morgan fingerprint density at radius 1 is 1.31 bits per heavy atom. The molecule has 88 valence electrons. The fourth-order valence-electron chi connectivity index (χ4n) is 1.80. The molecule has 2 nitrogen and oxygen atoms in total. The molecule has 0 spiro atoms. The summed E-state index contributed by atoms with van der Waals surface area (Å²) in [6.45, 7) is 0.938. The number of methoxy groups -OCH3 is 1. The Morgan fingerprint density at radius 2 is 2.12 bits per heavy atom. The van der Waals surface area contributed by atoms with Crippen LogP contribution in [0.3, 0.4) is 0 Å². The van der Waals surface area contributed by atoms with E-state index in [2.05, 4.69) is 12.1 Å². The summed E-state index contributed by atoms with van der Waals surface area (Å²) in [4.78, 5) is 1.29. The number of thioether (sulfide) groups is 1. The minimum atomic E-state index is 0.445. The molecule has 0 amide bonds. The molecule has 1 aromatic rings. The zero-order valence-corrected chi connectivity index (χ0v) is 10.5. The van der Waals surface area contributed by atoms with Gasteiger partial charge in [-0.3, -0.25) is 0 Å². The highest BCUT2D eigenvalue weighted by Crippen LogP contribution is 2.25. The molecule has 1 unspecified atom stereocenters. The normalized spacial score (nSPS) is 20.7. The van der Waals surface area contributed by atoms with Gasteiger partial charge in [-0.15, -0.1) is 11.8 Å². The Morgan fingerprint density at radius 3 is 2.75 bits per heavy atom. The number of benzene rings is 1. The molecule has 0 aromatic heterocycles. The van der Waals surface area contributed by atoms with Crippen LogP contribution in [0.25, 0.3) is 0 Å². The summed E-state index contributed by atoms with van der Waals surface area (Å²) in [5, 5.41) is 0. The van der Waals surface area contributed by atoms with E-state index < -0.39 is 0 Å². The van der Waals surface area contributed by atoms with Gasteiger partial charge in [-0.1, -0.05) is 0 Å². The van der Waals surface area contributed by atoms with E-state index >= 15 is 0 Å². The van der Waals surface area contributed by atoms with Crippen molar-refractivity contribution >= 4 is 11.8 Å². The Balaban J connectivity index is 1.79. The Labute approximate surface area is 101 Å². The van der Waals surface area contributed by atoms with Crippen molar-refractivity contribution in [3.63, 3.8) is 0 Å². The van der Waals surface area contributed by atoms with E-state index in [0.717, 1.165) is 18.1 Å². The van der Waals surface area contributed by atoms with Crippen LogP contribution in [0.2, 0.25) is 0 Å². The van der Waals surface area contributed by atoms with Crippen molar-refractivity contribution < 1.29 is 9.47 Å². The van der Waals surface area contributed by atoms with Gasteiger partial charge in [-0.2, -0.15) is 0 Å². The highest BCUT2D eigenvalue weighted by atomic mass is 32.2. The van der Waals surface area contributed by atoms with Crippen LogP contribution in [0.4, 0.5) is 0 Å². The summed E-state index contributed by atoms with van der Waals surface area (Å²) >= 11 is 1.87. The second-order valence-corrected chi connectivity index (χ2v) is 5.07. The van der Waals surface area contributed by atoms with Crippen LogP contribution in [0.5, 0.6) is 5.75 Å². The average molecular weight is 238 g/mol. The fourth-order valence-corrected chi connectivity index (χ4v) is 2.77. The predicted molar refractivity (Wildman–Crippen MR) is 67.3 cm³/mol. The van der Waals surface area contributed by atoms with Crippen LogP contribution in [0.15, 0.2) is 29.2 Å². The smallest absolute Gasteiger partial charge is 0.118 e. The Hall–Kier alpha value is -0.670. The summed E-state index contributed by atoms with van der Waals surface area (Å²) in [5.74, 6) is 1.98. The van der Waals surface area contributed by atoms with Crippen LogP contribution >= 0.6 is 11.8 Å². The first-order chi connectivity index (χ1) is 7.88. The van der Waals surface area contributed by atoms with Gasteiger partial charge >= 0.3 is 0 Å². The van der Waals surface area contributed by atoms with Crippen molar-refractivity contribution in [2.24, 2.45) is 0 Å². The summed E-state index contributed by atoms with van der Waals surface area (Å²) in [6.07, 6.45) is 4.20. The maximum absolute atomic E-state index is 5.70. The highest BCUT2D eigenvalue weighted by Gasteiger charge is 2.13. The molecule has 3 heteroatoms. The Bertz CT molecular complexity index is 304. The van der Waals surface area contributed by atoms with E-state index in [1.165, 1.54) is 24.2 Å². The zero-order chi connectivity index (χ0) is 11.2. The molecule has 1 aromatic carbocycles. The molecular formula is C13H18O2S. The summed E-state index contributed by atoms with van der Waals surface area (Å²) in [5.41, 5.74) is 0. The number of rotatable bonds is 4. The van der Waals surface area contributed by atoms with Crippen molar-refractivity contribution in [2.45, 2.75) is 30.3 Å². The van der Waals surface area contributed by atoms with E-state index in [-0.39, 0.29) is 0 Å². The first-order valence-corrected chi connectivity index (χ1v) is 6.75. The molecule has 16 heavy (non-hydrogen) atoms. The minimum absolute atomic E-state index is 0.445. The third kappa shape index (κ3) is 3.42. The van der Waals surface area contributed by atoms with Crippen LogP contribution < -0.4 is 4.74 Å². The molecule has 1 fully saturated rings. The molecule has 0 bridgehead atoms. The molecule has 0 radical (unpaired) electrons. The first-order valence-electron chi connectivity index (χ1n) is 5.77. The Kier molecular flexibility index (Phi) is 4.55. The lowest BCUT2D eigenvalue weighted by Gasteiger charge is -2.22. The summed E-state index contributed by atoms with van der Waals surface area (Å²) < 4.78 is 10.8. The van der Waals surface area contributed by atoms with E-state index in [1.807, 2.05) is 23.9 Å². The predicted octanol–water partition coefficient (Wildman–Crippen LogP) is 3.36. The van der Waals surface area contributed by atoms with Crippen molar-refractivity contribution in [3.05, 3.63) is 24.3 Å². The third-order valence-corrected chi connectivity index (χ3v) is 3.91. The molecule has 1 atom stereocenters. The number of ether oxygens (including phenoxy) is 2. The second-order valence-electron chi connectivity index (χ2n) is 3.98. The molecule has 1 aliphatic heterocycles. The lowest BCUT2D eigenvalue weighted by atomic mass is 10.1. The van der Waals surface area contributed by atoms with Gasteiger partial charge in [0.15, 0.2) is 0 Å². The van der Waals surface area contributed by atoms with E-state index in [4.69, 9.17) is 9.47 Å². The van der Waals surface area contributed by atoms with Gasteiger partial charge in [0.2, 0.25) is 0 Å². The van der Waals surface area contributed by atoms with Gasteiger partial charge in [0.1, 0.15) is 5.75 Å². The number of hydrogen-bond donors (Lipinski definition) is 0. The van der Waals surface area contributed by atoms with Gasteiger partial charge in [0.25, 0.3) is 0 Å². The molecule has 0 N–H and O–H groups in total. The molecule has 1 heterocycles. The largest absolute Gasteiger partial charge is 0.497 e.